The number of carbonyl (C=O) groups is 1. The number of benzene rings is 2. The van der Waals surface area contributed by atoms with Crippen molar-refractivity contribution >= 4 is 15.9 Å². The van der Waals surface area contributed by atoms with Crippen LogP contribution in [0.4, 0.5) is 0 Å². The van der Waals surface area contributed by atoms with E-state index in [9.17, 15) is 13.2 Å². The van der Waals surface area contributed by atoms with Crippen molar-refractivity contribution < 1.29 is 22.7 Å². The minimum absolute atomic E-state index is 0.159. The molecule has 1 fully saturated rings. The fraction of sp³-hybridized carbons (Fsp3) is 0.458. The molecule has 8 heteroatoms. The fourth-order valence-electron chi connectivity index (χ4n) is 4.21. The molecule has 7 nitrogen and oxygen atoms in total. The summed E-state index contributed by atoms with van der Waals surface area (Å²) in [5.74, 6) is 1.61. The molecular weight excluding hydrogens is 428 g/mol. The molecule has 0 saturated carbocycles. The van der Waals surface area contributed by atoms with Crippen molar-refractivity contribution in [3.63, 3.8) is 0 Å². The van der Waals surface area contributed by atoms with Gasteiger partial charge in [-0.2, -0.15) is 4.31 Å². The lowest BCUT2D eigenvalue weighted by atomic mass is 9.94. The summed E-state index contributed by atoms with van der Waals surface area (Å²) in [6.45, 7) is 5.57. The molecule has 2 aromatic rings. The largest absolute Gasteiger partial charge is 0.493 e. The first-order valence-electron chi connectivity index (χ1n) is 10.8. The van der Waals surface area contributed by atoms with Crippen molar-refractivity contribution in [3.05, 3.63) is 53.6 Å². The molecule has 0 aromatic heterocycles. The highest BCUT2D eigenvalue weighted by molar-refractivity contribution is 7.89. The minimum Gasteiger partial charge on any atom is -0.493 e. The molecule has 0 bridgehead atoms. The van der Waals surface area contributed by atoms with Crippen LogP contribution in [-0.4, -0.2) is 52.5 Å². The van der Waals surface area contributed by atoms with E-state index >= 15 is 0 Å². The molecule has 1 heterocycles. The van der Waals surface area contributed by atoms with Gasteiger partial charge in [0, 0.05) is 25.2 Å². The molecule has 3 rings (SSSR count). The molecule has 1 amide bonds. The van der Waals surface area contributed by atoms with Crippen molar-refractivity contribution in [2.24, 2.45) is 11.8 Å². The lowest BCUT2D eigenvalue weighted by molar-refractivity contribution is 0.0954. The number of carbonyl (C=O) groups excluding carboxylic acids is 1. The van der Waals surface area contributed by atoms with Gasteiger partial charge in [0.05, 0.1) is 19.1 Å². The van der Waals surface area contributed by atoms with Gasteiger partial charge in [0.25, 0.3) is 5.91 Å². The number of hydrogen-bond acceptors (Lipinski definition) is 5. The summed E-state index contributed by atoms with van der Waals surface area (Å²) < 4.78 is 38.4. The number of piperidine rings is 1. The summed E-state index contributed by atoms with van der Waals surface area (Å²) in [6, 6.07) is 11.9. The number of sulfonamides is 1. The third-order valence-corrected chi connectivity index (χ3v) is 7.54. The highest BCUT2D eigenvalue weighted by atomic mass is 32.2. The van der Waals surface area contributed by atoms with Gasteiger partial charge in [-0.3, -0.25) is 4.79 Å². The molecular formula is C24H32N2O5S. The first-order chi connectivity index (χ1) is 15.2. The maximum absolute atomic E-state index is 13.1. The molecule has 0 radical (unpaired) electrons. The summed E-state index contributed by atoms with van der Waals surface area (Å²) in [5, 5.41) is 2.87. The molecule has 1 aliphatic rings. The maximum atomic E-state index is 13.1. The minimum atomic E-state index is -3.63. The van der Waals surface area contributed by atoms with Crippen molar-refractivity contribution in [1.82, 2.24) is 9.62 Å². The number of hydrogen-bond donors (Lipinski definition) is 1. The number of nitrogens with one attached hydrogen (secondary N) is 1. The smallest absolute Gasteiger partial charge is 0.251 e. The van der Waals surface area contributed by atoms with Gasteiger partial charge in [-0.15, -0.1) is 0 Å². The van der Waals surface area contributed by atoms with Gasteiger partial charge >= 0.3 is 0 Å². The molecule has 2 atom stereocenters. The number of amides is 1. The van der Waals surface area contributed by atoms with Gasteiger partial charge in [-0.1, -0.05) is 26.0 Å². The Balaban J connectivity index is 1.65. The van der Waals surface area contributed by atoms with E-state index in [0.717, 1.165) is 12.0 Å². The standard InChI is InChI=1S/C24H32N2O5S/c1-17-12-18(2)16-26(15-17)32(28,29)21-7-5-6-20(14-21)24(27)25-11-10-19-8-9-22(30-3)23(13-19)31-4/h5-9,13-14,17-18H,10-12,15-16H2,1-4H3,(H,25,27)/t17-,18-/m0/s1. The van der Waals surface area contributed by atoms with Crippen molar-refractivity contribution in [1.29, 1.82) is 0 Å². The molecule has 0 aliphatic carbocycles. The van der Waals surface area contributed by atoms with Crippen LogP contribution in [0.2, 0.25) is 0 Å². The first-order valence-corrected chi connectivity index (χ1v) is 12.3. The van der Waals surface area contributed by atoms with Crippen LogP contribution in [0.15, 0.2) is 47.4 Å². The summed E-state index contributed by atoms with van der Waals surface area (Å²) in [5.41, 5.74) is 1.32. The molecule has 32 heavy (non-hydrogen) atoms. The quantitative estimate of drug-likeness (QED) is 0.653. The zero-order valence-corrected chi connectivity index (χ0v) is 19.9. The molecule has 174 valence electrons. The Morgan fingerprint density at radius 2 is 1.72 bits per heavy atom. The average molecular weight is 461 g/mol. The summed E-state index contributed by atoms with van der Waals surface area (Å²) in [6.07, 6.45) is 1.63. The van der Waals surface area contributed by atoms with Crippen molar-refractivity contribution in [2.75, 3.05) is 33.9 Å². The Hall–Kier alpha value is -2.58. The number of rotatable bonds is 8. The first kappa shape index (κ1) is 24.1. The van der Waals surface area contributed by atoms with E-state index in [1.807, 2.05) is 18.2 Å². The highest BCUT2D eigenvalue weighted by Gasteiger charge is 2.31. The summed E-state index contributed by atoms with van der Waals surface area (Å²) in [7, 11) is -0.473. The van der Waals surface area contributed by atoms with Crippen molar-refractivity contribution in [3.8, 4) is 11.5 Å². The van der Waals surface area contributed by atoms with E-state index < -0.39 is 10.0 Å². The Kier molecular flexibility index (Phi) is 7.79. The number of methoxy groups -OCH3 is 2. The molecule has 0 unspecified atom stereocenters. The van der Waals surface area contributed by atoms with E-state index in [2.05, 4.69) is 19.2 Å². The number of nitrogens with zero attached hydrogens (tertiary/aromatic N) is 1. The van der Waals surface area contributed by atoms with Gasteiger partial charge in [0.2, 0.25) is 10.0 Å². The van der Waals surface area contributed by atoms with Crippen LogP contribution >= 0.6 is 0 Å². The van der Waals surface area contributed by atoms with Gasteiger partial charge < -0.3 is 14.8 Å². The Bertz CT molecular complexity index is 1040. The van der Waals surface area contributed by atoms with Gasteiger partial charge in [-0.25, -0.2) is 8.42 Å². The Labute approximate surface area is 190 Å². The van der Waals surface area contributed by atoms with Crippen LogP contribution in [0.5, 0.6) is 11.5 Å². The van der Waals surface area contributed by atoms with E-state index in [1.54, 1.807) is 36.7 Å². The topological polar surface area (TPSA) is 84.9 Å². The Morgan fingerprint density at radius 3 is 2.38 bits per heavy atom. The highest BCUT2D eigenvalue weighted by Crippen LogP contribution is 2.28. The molecule has 1 aliphatic heterocycles. The molecule has 1 saturated heterocycles. The van der Waals surface area contributed by atoms with E-state index in [0.29, 0.717) is 55.0 Å². The predicted octanol–water partition coefficient (Wildman–Crippen LogP) is 3.34. The lowest BCUT2D eigenvalue weighted by Crippen LogP contribution is -2.42. The fourth-order valence-corrected chi connectivity index (χ4v) is 5.93. The van der Waals surface area contributed by atoms with Crippen LogP contribution < -0.4 is 14.8 Å². The van der Waals surface area contributed by atoms with Crippen LogP contribution in [0.1, 0.15) is 36.2 Å². The predicted molar refractivity (Wildman–Crippen MR) is 124 cm³/mol. The van der Waals surface area contributed by atoms with Gasteiger partial charge in [0.1, 0.15) is 0 Å². The monoisotopic (exact) mass is 460 g/mol. The second-order valence-corrected chi connectivity index (χ2v) is 10.4. The van der Waals surface area contributed by atoms with Crippen LogP contribution in [0.25, 0.3) is 0 Å². The van der Waals surface area contributed by atoms with E-state index in [4.69, 9.17) is 9.47 Å². The van der Waals surface area contributed by atoms with Crippen LogP contribution in [0.3, 0.4) is 0 Å². The van der Waals surface area contributed by atoms with Crippen LogP contribution in [-0.2, 0) is 16.4 Å². The SMILES string of the molecule is COc1ccc(CCNC(=O)c2cccc(S(=O)(=O)N3C[C@@H](C)C[C@H](C)C3)c2)cc1OC. The normalized spacial score (nSPS) is 19.4. The molecule has 0 spiro atoms. The molecule has 2 aromatic carbocycles. The lowest BCUT2D eigenvalue weighted by Gasteiger charge is -2.34. The zero-order valence-electron chi connectivity index (χ0n) is 19.1. The average Bonchev–Trinajstić information content (AvgIpc) is 2.78. The van der Waals surface area contributed by atoms with Crippen molar-refractivity contribution in [2.45, 2.75) is 31.6 Å². The van der Waals surface area contributed by atoms with E-state index in [-0.39, 0.29) is 10.8 Å². The zero-order chi connectivity index (χ0) is 23.3. The maximum Gasteiger partial charge on any atom is 0.251 e. The summed E-state index contributed by atoms with van der Waals surface area (Å²) in [4.78, 5) is 12.8. The number of ether oxygens (including phenoxy) is 2. The second kappa shape index (κ2) is 10.4. The second-order valence-electron chi connectivity index (χ2n) is 8.49. The van der Waals surface area contributed by atoms with E-state index in [1.165, 1.54) is 6.07 Å². The molecule has 1 N–H and O–H groups in total. The van der Waals surface area contributed by atoms with Crippen LogP contribution in [0, 0.1) is 11.8 Å². The van der Waals surface area contributed by atoms with Gasteiger partial charge in [0.15, 0.2) is 11.5 Å². The Morgan fingerprint density at radius 1 is 1.03 bits per heavy atom. The van der Waals surface area contributed by atoms with Gasteiger partial charge in [-0.05, 0) is 60.6 Å². The third-order valence-electron chi connectivity index (χ3n) is 5.72. The third kappa shape index (κ3) is 5.61. The summed E-state index contributed by atoms with van der Waals surface area (Å²) >= 11 is 0.